The van der Waals surface area contributed by atoms with Gasteiger partial charge in [-0.1, -0.05) is 12.1 Å². The highest BCUT2D eigenvalue weighted by Crippen LogP contribution is 2.34. The van der Waals surface area contributed by atoms with Gasteiger partial charge in [-0.3, -0.25) is 4.68 Å². The minimum atomic E-state index is -2.66. The number of halogens is 3. The maximum Gasteiger partial charge on any atom is 0.280 e. The Morgan fingerprint density at radius 1 is 1.13 bits per heavy atom. The number of hydrogen-bond donors (Lipinski definition) is 0. The zero-order valence-corrected chi connectivity index (χ0v) is 17.0. The van der Waals surface area contributed by atoms with Crippen LogP contribution in [0.15, 0.2) is 49.1 Å². The quantitative estimate of drug-likeness (QED) is 0.420. The normalized spacial score (nSPS) is 19.0. The molecule has 0 saturated heterocycles. The van der Waals surface area contributed by atoms with Crippen LogP contribution in [0.4, 0.5) is 13.2 Å². The second-order valence-corrected chi connectivity index (χ2v) is 8.22. The van der Waals surface area contributed by atoms with E-state index in [1.807, 2.05) is 40.7 Å². The number of fused-ring (bicyclic) bond motifs is 1. The fourth-order valence-electron chi connectivity index (χ4n) is 4.38. The summed E-state index contributed by atoms with van der Waals surface area (Å²) in [5, 5.41) is 4.43. The lowest BCUT2D eigenvalue weighted by Gasteiger charge is -2.11. The summed E-state index contributed by atoms with van der Waals surface area (Å²) in [6, 6.07) is 8.66. The van der Waals surface area contributed by atoms with Crippen molar-refractivity contribution in [3.05, 3.63) is 54.7 Å². The van der Waals surface area contributed by atoms with Crippen LogP contribution in [0.25, 0.3) is 33.4 Å². The van der Waals surface area contributed by atoms with Crippen molar-refractivity contribution in [2.24, 2.45) is 13.0 Å². The topological polar surface area (TPSA) is 48.5 Å². The Kier molecular flexibility index (Phi) is 5.00. The molecule has 3 aromatic heterocycles. The lowest BCUT2D eigenvalue weighted by Crippen LogP contribution is -2.08. The summed E-state index contributed by atoms with van der Waals surface area (Å²) in [5.41, 5.74) is 4.15. The van der Waals surface area contributed by atoms with Gasteiger partial charge in [0, 0.05) is 36.5 Å². The third-order valence-electron chi connectivity index (χ3n) is 6.01. The third kappa shape index (κ3) is 3.82. The van der Waals surface area contributed by atoms with Crippen molar-refractivity contribution in [1.29, 1.82) is 0 Å². The molecule has 0 spiro atoms. The van der Waals surface area contributed by atoms with Gasteiger partial charge in [-0.15, -0.1) is 0 Å². The van der Waals surface area contributed by atoms with Crippen LogP contribution in [0.5, 0.6) is 0 Å². The van der Waals surface area contributed by atoms with Gasteiger partial charge in [0.1, 0.15) is 11.9 Å². The van der Waals surface area contributed by atoms with Crippen LogP contribution in [0, 0.1) is 5.92 Å². The van der Waals surface area contributed by atoms with Crippen LogP contribution in [-0.4, -0.2) is 30.5 Å². The molecule has 0 N–H and O–H groups in total. The maximum atomic E-state index is 13.5. The SMILES string of the molecule is Cn1cnc2cc(-c3nc(C(F)F)ccc3-c3cnn(C[C@@H]4CC[C@@H](F)C4)c3)ccc21. The molecule has 1 aliphatic carbocycles. The molecular weight excluding hydrogens is 403 g/mol. The average Bonchev–Trinajstić information content (AvgIpc) is 3.48. The molecule has 2 atom stereocenters. The molecule has 1 aromatic carbocycles. The number of aromatic nitrogens is 5. The van der Waals surface area contributed by atoms with E-state index in [0.717, 1.165) is 28.6 Å². The molecule has 1 fully saturated rings. The van der Waals surface area contributed by atoms with Crippen molar-refractivity contribution in [2.75, 3.05) is 0 Å². The number of alkyl halides is 3. The van der Waals surface area contributed by atoms with Gasteiger partial charge in [0.05, 0.1) is 29.3 Å². The molecule has 31 heavy (non-hydrogen) atoms. The fraction of sp³-hybridized carbons (Fsp3) is 0.348. The van der Waals surface area contributed by atoms with Gasteiger partial charge < -0.3 is 4.57 Å². The lowest BCUT2D eigenvalue weighted by molar-refractivity contribution is 0.146. The first kappa shape index (κ1) is 19.8. The number of benzene rings is 1. The summed E-state index contributed by atoms with van der Waals surface area (Å²) in [7, 11) is 1.90. The summed E-state index contributed by atoms with van der Waals surface area (Å²) >= 11 is 0. The van der Waals surface area contributed by atoms with Gasteiger partial charge >= 0.3 is 0 Å². The zero-order chi connectivity index (χ0) is 21.5. The molecule has 3 heterocycles. The summed E-state index contributed by atoms with van der Waals surface area (Å²) in [5.74, 6) is 0.271. The molecule has 5 nitrogen and oxygen atoms in total. The summed E-state index contributed by atoms with van der Waals surface area (Å²) in [6.45, 7) is 0.651. The fourth-order valence-corrected chi connectivity index (χ4v) is 4.38. The highest BCUT2D eigenvalue weighted by Gasteiger charge is 2.25. The molecule has 1 aliphatic rings. The highest BCUT2D eigenvalue weighted by molar-refractivity contribution is 5.86. The van der Waals surface area contributed by atoms with Crippen molar-refractivity contribution >= 4 is 11.0 Å². The minimum Gasteiger partial charge on any atom is -0.334 e. The van der Waals surface area contributed by atoms with E-state index in [0.29, 0.717) is 30.6 Å². The summed E-state index contributed by atoms with van der Waals surface area (Å²) in [6.07, 6.45) is 3.96. The third-order valence-corrected chi connectivity index (χ3v) is 6.01. The molecule has 0 unspecified atom stereocenters. The second kappa shape index (κ2) is 7.83. The van der Waals surface area contributed by atoms with E-state index in [1.54, 1.807) is 18.6 Å². The Labute approximate surface area is 177 Å². The molecule has 1 saturated carbocycles. The smallest absolute Gasteiger partial charge is 0.280 e. The number of aryl methyl sites for hydroxylation is 1. The largest absolute Gasteiger partial charge is 0.334 e. The molecule has 160 valence electrons. The first-order valence-corrected chi connectivity index (χ1v) is 10.4. The van der Waals surface area contributed by atoms with Crippen LogP contribution in [0.2, 0.25) is 0 Å². The minimum absolute atomic E-state index is 0.271. The van der Waals surface area contributed by atoms with E-state index in [9.17, 15) is 13.2 Å². The molecule has 8 heteroatoms. The average molecular weight is 425 g/mol. The van der Waals surface area contributed by atoms with Gasteiger partial charge in [0.2, 0.25) is 0 Å². The van der Waals surface area contributed by atoms with Crippen LogP contribution in [0.3, 0.4) is 0 Å². The Hall–Kier alpha value is -3.16. The van der Waals surface area contributed by atoms with E-state index in [-0.39, 0.29) is 11.6 Å². The van der Waals surface area contributed by atoms with Crippen molar-refractivity contribution in [2.45, 2.75) is 38.4 Å². The molecule has 0 bridgehead atoms. The standard InChI is InChI=1S/C23H22F3N5/c1-30-13-27-20-9-15(3-7-21(20)30)22-18(5-6-19(29-22)23(25)26)16-10-28-31(12-16)11-14-2-4-17(24)8-14/h3,5-7,9-10,12-14,17,23H,2,4,8,11H2,1H3/t14-,17-/m1/s1. The monoisotopic (exact) mass is 425 g/mol. The predicted molar refractivity (Wildman–Crippen MR) is 112 cm³/mol. The van der Waals surface area contributed by atoms with E-state index >= 15 is 0 Å². The lowest BCUT2D eigenvalue weighted by atomic mass is 10.0. The molecule has 4 aromatic rings. The Bertz CT molecular complexity index is 1230. The number of pyridine rings is 1. The van der Waals surface area contributed by atoms with Crippen molar-refractivity contribution in [1.82, 2.24) is 24.3 Å². The first-order chi connectivity index (χ1) is 15.0. The van der Waals surface area contributed by atoms with E-state index in [4.69, 9.17) is 0 Å². The van der Waals surface area contributed by atoms with E-state index in [2.05, 4.69) is 15.1 Å². The predicted octanol–water partition coefficient (Wildman–Crippen LogP) is 5.57. The van der Waals surface area contributed by atoms with Crippen LogP contribution in [0.1, 0.15) is 31.4 Å². The number of imidazole rings is 1. The van der Waals surface area contributed by atoms with E-state index in [1.165, 1.54) is 6.07 Å². The highest BCUT2D eigenvalue weighted by atomic mass is 19.3. The first-order valence-electron chi connectivity index (χ1n) is 10.4. The molecule has 0 aliphatic heterocycles. The van der Waals surface area contributed by atoms with Gasteiger partial charge in [0.25, 0.3) is 6.43 Å². The maximum absolute atomic E-state index is 13.5. The van der Waals surface area contributed by atoms with Crippen molar-refractivity contribution in [3.63, 3.8) is 0 Å². The summed E-state index contributed by atoms with van der Waals surface area (Å²) in [4.78, 5) is 8.66. The van der Waals surface area contributed by atoms with Gasteiger partial charge in [-0.25, -0.2) is 23.1 Å². The number of rotatable bonds is 5. The van der Waals surface area contributed by atoms with Gasteiger partial charge in [-0.05, 0) is 43.4 Å². The molecule has 5 rings (SSSR count). The van der Waals surface area contributed by atoms with Crippen LogP contribution in [-0.2, 0) is 13.6 Å². The second-order valence-electron chi connectivity index (χ2n) is 8.22. The van der Waals surface area contributed by atoms with Crippen molar-refractivity contribution in [3.8, 4) is 22.4 Å². The van der Waals surface area contributed by atoms with Crippen molar-refractivity contribution < 1.29 is 13.2 Å². The number of hydrogen-bond acceptors (Lipinski definition) is 3. The Morgan fingerprint density at radius 2 is 2.00 bits per heavy atom. The summed E-state index contributed by atoms with van der Waals surface area (Å²) < 4.78 is 44.0. The van der Waals surface area contributed by atoms with Gasteiger partial charge in [0.15, 0.2) is 0 Å². The molecule has 0 amide bonds. The van der Waals surface area contributed by atoms with Crippen LogP contribution >= 0.6 is 0 Å². The molecule has 0 radical (unpaired) electrons. The Morgan fingerprint density at radius 3 is 2.77 bits per heavy atom. The van der Waals surface area contributed by atoms with Crippen LogP contribution < -0.4 is 0 Å². The zero-order valence-electron chi connectivity index (χ0n) is 17.0. The molecular formula is C23H22F3N5. The van der Waals surface area contributed by atoms with E-state index < -0.39 is 12.6 Å². The Balaban J connectivity index is 1.54. The van der Waals surface area contributed by atoms with Gasteiger partial charge in [-0.2, -0.15) is 5.10 Å². The number of nitrogens with zero attached hydrogens (tertiary/aromatic N) is 5.